The molecule has 6 heteroatoms. The van der Waals surface area contributed by atoms with Crippen LogP contribution in [0.3, 0.4) is 0 Å². The number of rotatable bonds is 1. The van der Waals surface area contributed by atoms with Crippen molar-refractivity contribution in [2.24, 2.45) is 0 Å². The van der Waals surface area contributed by atoms with Gasteiger partial charge < -0.3 is 10.8 Å². The maximum absolute atomic E-state index is 9.29. The molecule has 0 fully saturated rings. The van der Waals surface area contributed by atoms with Crippen molar-refractivity contribution in [3.05, 3.63) is 11.7 Å². The van der Waals surface area contributed by atoms with Gasteiger partial charge in [0.1, 0.15) is 5.00 Å². The van der Waals surface area contributed by atoms with Gasteiger partial charge in [0.05, 0.1) is 17.5 Å². The Bertz CT molecular complexity index is 200. The Labute approximate surface area is 73.5 Å². The van der Waals surface area contributed by atoms with Gasteiger partial charge in [-0.3, -0.25) is 9.78 Å². The lowest BCUT2D eigenvalue weighted by Gasteiger charge is -1.71. The summed E-state index contributed by atoms with van der Waals surface area (Å²) < 4.78 is 0. The minimum Gasteiger partial charge on any atom is -0.481 e. The quantitative estimate of drug-likeness (QED) is 0.573. The van der Waals surface area contributed by atoms with Gasteiger partial charge in [0.2, 0.25) is 0 Å². The molecule has 0 aromatic carbocycles. The van der Waals surface area contributed by atoms with Crippen molar-refractivity contribution in [3.63, 3.8) is 0 Å². The van der Waals surface area contributed by atoms with E-state index in [1.54, 1.807) is 11.7 Å². The Morgan fingerprint density at radius 3 is 2.55 bits per heavy atom. The van der Waals surface area contributed by atoms with Crippen LogP contribution in [0.2, 0.25) is 0 Å². The Balaban J connectivity index is 0.000000187. The number of thiazole rings is 1. The number of aromatic nitrogens is 1. The van der Waals surface area contributed by atoms with Crippen molar-refractivity contribution in [2.75, 3.05) is 11.5 Å². The molecule has 0 aliphatic rings. The summed E-state index contributed by atoms with van der Waals surface area (Å²) in [7, 11) is 0. The van der Waals surface area contributed by atoms with Gasteiger partial charge in [0.25, 0.3) is 0 Å². The van der Waals surface area contributed by atoms with E-state index in [4.69, 9.17) is 10.8 Å². The molecule has 0 atom stereocenters. The van der Waals surface area contributed by atoms with Crippen LogP contribution in [0.5, 0.6) is 0 Å². The van der Waals surface area contributed by atoms with Crippen LogP contribution in [0.1, 0.15) is 0 Å². The molecular weight excluding hydrogens is 184 g/mol. The second-order valence-electron chi connectivity index (χ2n) is 1.46. The molecule has 0 bridgehead atoms. The third-order valence-electron chi connectivity index (χ3n) is 0.587. The SMILES string of the molecule is Nc1cncs1.O=C(O)CS. The van der Waals surface area contributed by atoms with Crippen molar-refractivity contribution in [1.29, 1.82) is 0 Å². The predicted octanol–water partition coefficient (Wildman–Crippen LogP) is 0.726. The third-order valence-corrected chi connectivity index (χ3v) is 1.46. The average Bonchev–Trinajstić information content (AvgIpc) is 2.41. The molecule has 1 aromatic rings. The zero-order valence-corrected chi connectivity index (χ0v) is 7.31. The van der Waals surface area contributed by atoms with E-state index in [0.29, 0.717) is 0 Å². The molecule has 0 radical (unpaired) electrons. The summed E-state index contributed by atoms with van der Waals surface area (Å²) in [4.78, 5) is 13.0. The second-order valence-corrected chi connectivity index (χ2v) is 2.69. The van der Waals surface area contributed by atoms with Gasteiger partial charge in [0, 0.05) is 0 Å². The first-order chi connectivity index (χ1) is 5.16. The van der Waals surface area contributed by atoms with Crippen LogP contribution in [-0.4, -0.2) is 21.8 Å². The van der Waals surface area contributed by atoms with Gasteiger partial charge in [-0.2, -0.15) is 12.6 Å². The molecule has 0 saturated carbocycles. The number of hydrogen-bond donors (Lipinski definition) is 3. The van der Waals surface area contributed by atoms with Crippen LogP contribution in [-0.2, 0) is 4.79 Å². The van der Waals surface area contributed by atoms with Gasteiger partial charge in [-0.25, -0.2) is 0 Å². The zero-order valence-electron chi connectivity index (χ0n) is 5.60. The molecule has 0 spiro atoms. The van der Waals surface area contributed by atoms with E-state index < -0.39 is 5.97 Å². The molecule has 1 aromatic heterocycles. The fourth-order valence-corrected chi connectivity index (χ4v) is 0.591. The Morgan fingerprint density at radius 2 is 2.45 bits per heavy atom. The smallest absolute Gasteiger partial charge is 0.313 e. The standard InChI is InChI=1S/C3H4N2S.C2H4O2S/c4-3-1-5-2-6-3;3-2(4)1-5/h1-2H,4H2;5H,1H2,(H,3,4). The van der Waals surface area contributed by atoms with E-state index in [9.17, 15) is 4.79 Å². The van der Waals surface area contributed by atoms with Gasteiger partial charge in [-0.05, 0) is 0 Å². The lowest BCUT2D eigenvalue weighted by Crippen LogP contribution is -1.92. The highest BCUT2D eigenvalue weighted by molar-refractivity contribution is 7.81. The summed E-state index contributed by atoms with van der Waals surface area (Å²) >= 11 is 4.86. The topological polar surface area (TPSA) is 76.2 Å². The monoisotopic (exact) mass is 192 g/mol. The molecule has 4 nitrogen and oxygen atoms in total. The number of anilines is 1. The molecule has 1 rings (SSSR count). The van der Waals surface area contributed by atoms with Crippen molar-refractivity contribution in [1.82, 2.24) is 4.98 Å². The van der Waals surface area contributed by atoms with Crippen LogP contribution >= 0.6 is 24.0 Å². The van der Waals surface area contributed by atoms with Crippen LogP contribution < -0.4 is 5.73 Å². The molecule has 0 unspecified atom stereocenters. The van der Waals surface area contributed by atoms with Crippen molar-refractivity contribution < 1.29 is 9.90 Å². The largest absolute Gasteiger partial charge is 0.481 e. The molecule has 0 aliphatic heterocycles. The van der Waals surface area contributed by atoms with Gasteiger partial charge >= 0.3 is 5.97 Å². The van der Waals surface area contributed by atoms with E-state index in [-0.39, 0.29) is 5.75 Å². The minimum atomic E-state index is -0.881. The predicted molar refractivity (Wildman–Crippen MR) is 48.0 cm³/mol. The van der Waals surface area contributed by atoms with Crippen LogP contribution in [0.15, 0.2) is 11.7 Å². The van der Waals surface area contributed by atoms with E-state index in [0.717, 1.165) is 5.00 Å². The normalized spacial score (nSPS) is 8.09. The molecule has 1 heterocycles. The highest BCUT2D eigenvalue weighted by Crippen LogP contribution is 2.04. The number of carbonyl (C=O) groups is 1. The number of carboxylic acid groups (broad SMARTS) is 1. The fraction of sp³-hybridized carbons (Fsp3) is 0.200. The minimum absolute atomic E-state index is 0.0833. The third kappa shape index (κ3) is 7.14. The number of nitrogens with two attached hydrogens (primary N) is 1. The van der Waals surface area contributed by atoms with Crippen molar-refractivity contribution >= 4 is 34.9 Å². The van der Waals surface area contributed by atoms with E-state index >= 15 is 0 Å². The number of thiol groups is 1. The fourth-order valence-electron chi connectivity index (χ4n) is 0.226. The highest BCUT2D eigenvalue weighted by Gasteiger charge is 1.81. The first-order valence-corrected chi connectivity index (χ1v) is 4.14. The van der Waals surface area contributed by atoms with Crippen molar-refractivity contribution in [2.45, 2.75) is 0 Å². The second kappa shape index (κ2) is 5.99. The molecule has 0 aliphatic carbocycles. The maximum Gasteiger partial charge on any atom is 0.313 e. The molecule has 0 amide bonds. The number of nitrogen functional groups attached to an aromatic ring is 1. The Morgan fingerprint density at radius 1 is 1.91 bits per heavy atom. The summed E-state index contributed by atoms with van der Waals surface area (Å²) in [6.45, 7) is 0. The summed E-state index contributed by atoms with van der Waals surface area (Å²) in [6, 6.07) is 0. The van der Waals surface area contributed by atoms with E-state index in [2.05, 4.69) is 17.6 Å². The van der Waals surface area contributed by atoms with Crippen molar-refractivity contribution in [3.8, 4) is 0 Å². The lowest BCUT2D eigenvalue weighted by molar-refractivity contribution is -0.133. The molecule has 0 saturated heterocycles. The van der Waals surface area contributed by atoms with Crippen LogP contribution in [0.4, 0.5) is 5.00 Å². The number of hydrogen-bond acceptors (Lipinski definition) is 5. The molecular formula is C5H8N2O2S2. The highest BCUT2D eigenvalue weighted by atomic mass is 32.1. The lowest BCUT2D eigenvalue weighted by atomic mass is 10.8. The summed E-state index contributed by atoms with van der Waals surface area (Å²) in [5.41, 5.74) is 6.94. The van der Waals surface area contributed by atoms with Crippen LogP contribution in [0, 0.1) is 0 Å². The first-order valence-electron chi connectivity index (χ1n) is 2.63. The number of carboxylic acids is 1. The maximum atomic E-state index is 9.29. The van der Waals surface area contributed by atoms with Gasteiger partial charge in [0.15, 0.2) is 0 Å². The summed E-state index contributed by atoms with van der Waals surface area (Å²) in [5.74, 6) is -0.965. The number of nitrogens with zero attached hydrogens (tertiary/aromatic N) is 1. The van der Waals surface area contributed by atoms with Gasteiger partial charge in [-0.1, -0.05) is 0 Å². The van der Waals surface area contributed by atoms with Gasteiger partial charge in [-0.15, -0.1) is 11.3 Å². The first kappa shape index (κ1) is 10.2. The summed E-state index contributed by atoms with van der Waals surface area (Å²) in [6.07, 6.45) is 1.63. The molecule has 3 N–H and O–H groups in total. The van der Waals surface area contributed by atoms with E-state index in [1.165, 1.54) is 11.3 Å². The van der Waals surface area contributed by atoms with E-state index in [1.807, 2.05) is 0 Å². The Kier molecular flexibility index (Phi) is 5.58. The number of aliphatic carboxylic acids is 1. The zero-order chi connectivity index (χ0) is 8.69. The molecule has 62 valence electrons. The summed E-state index contributed by atoms with van der Waals surface area (Å²) in [5, 5.41) is 8.42. The average molecular weight is 192 g/mol. The van der Waals surface area contributed by atoms with Crippen LogP contribution in [0.25, 0.3) is 0 Å². The molecule has 11 heavy (non-hydrogen) atoms. The Hall–Kier alpha value is -0.750.